The van der Waals surface area contributed by atoms with Gasteiger partial charge in [0.2, 0.25) is 0 Å². The van der Waals surface area contributed by atoms with Gasteiger partial charge in [-0.1, -0.05) is 18.2 Å². The number of hydrogen-bond donors (Lipinski definition) is 1. The van der Waals surface area contributed by atoms with Crippen LogP contribution in [0.3, 0.4) is 0 Å². The van der Waals surface area contributed by atoms with Gasteiger partial charge < -0.3 is 5.32 Å². The second-order valence-corrected chi connectivity index (χ2v) is 6.45. The summed E-state index contributed by atoms with van der Waals surface area (Å²) in [6.45, 7) is 2.89. The van der Waals surface area contributed by atoms with Crippen molar-refractivity contribution in [2.45, 2.75) is 38.3 Å². The first-order chi connectivity index (χ1) is 9.22. The summed E-state index contributed by atoms with van der Waals surface area (Å²) in [5.41, 5.74) is 0.866. The smallest absolute Gasteiger partial charge is 0.126 e. The number of thiazole rings is 1. The first-order valence-electron chi connectivity index (χ1n) is 6.61. The van der Waals surface area contributed by atoms with Crippen molar-refractivity contribution in [2.75, 3.05) is 0 Å². The number of aromatic nitrogens is 1. The molecule has 1 fully saturated rings. The maximum absolute atomic E-state index is 13.6. The lowest BCUT2D eigenvalue weighted by atomic mass is 9.75. The highest BCUT2D eigenvalue weighted by Gasteiger charge is 2.31. The lowest BCUT2D eigenvalue weighted by molar-refractivity contribution is 0.284. The fraction of sp³-hybridized carbons (Fsp3) is 0.400. The van der Waals surface area contributed by atoms with Gasteiger partial charge in [0, 0.05) is 23.7 Å². The van der Waals surface area contributed by atoms with Gasteiger partial charge in [-0.25, -0.2) is 9.37 Å². The number of nitrogens with zero attached hydrogens (tertiary/aromatic N) is 1. The maximum atomic E-state index is 13.6. The molecule has 1 aliphatic carbocycles. The van der Waals surface area contributed by atoms with E-state index >= 15 is 0 Å². The average molecular weight is 276 g/mol. The predicted molar refractivity (Wildman–Crippen MR) is 75.9 cm³/mol. The Balaban J connectivity index is 1.49. The summed E-state index contributed by atoms with van der Waals surface area (Å²) in [4.78, 5) is 5.58. The minimum atomic E-state index is -0.0681. The SMILES string of the molecule is Cc1cnc(CNC2CC(c3ccccc3F)C2)s1. The van der Waals surface area contributed by atoms with E-state index in [9.17, 15) is 4.39 Å². The average Bonchev–Trinajstić information content (AvgIpc) is 2.75. The Morgan fingerprint density at radius 1 is 1.37 bits per heavy atom. The molecule has 1 aromatic heterocycles. The monoisotopic (exact) mass is 276 g/mol. The zero-order chi connectivity index (χ0) is 13.2. The van der Waals surface area contributed by atoms with E-state index in [-0.39, 0.29) is 5.82 Å². The first kappa shape index (κ1) is 12.8. The molecule has 1 aromatic carbocycles. The van der Waals surface area contributed by atoms with Gasteiger partial charge in [-0.15, -0.1) is 11.3 Å². The summed E-state index contributed by atoms with van der Waals surface area (Å²) >= 11 is 1.73. The van der Waals surface area contributed by atoms with E-state index < -0.39 is 0 Å². The fourth-order valence-electron chi connectivity index (χ4n) is 2.56. The van der Waals surface area contributed by atoms with Crippen LogP contribution in [-0.2, 0) is 6.54 Å². The van der Waals surface area contributed by atoms with Crippen LogP contribution in [0.2, 0.25) is 0 Å². The molecule has 0 amide bonds. The number of rotatable bonds is 4. The molecule has 19 heavy (non-hydrogen) atoms. The van der Waals surface area contributed by atoms with Gasteiger partial charge in [0.1, 0.15) is 10.8 Å². The van der Waals surface area contributed by atoms with Crippen LogP contribution < -0.4 is 5.32 Å². The van der Waals surface area contributed by atoms with Crippen LogP contribution in [0.5, 0.6) is 0 Å². The summed E-state index contributed by atoms with van der Waals surface area (Å²) in [6, 6.07) is 7.61. The Labute approximate surface area is 116 Å². The highest BCUT2D eigenvalue weighted by atomic mass is 32.1. The Hall–Kier alpha value is -1.26. The minimum Gasteiger partial charge on any atom is -0.308 e. The van der Waals surface area contributed by atoms with Gasteiger partial charge in [-0.05, 0) is 37.3 Å². The summed E-state index contributed by atoms with van der Waals surface area (Å²) in [6.07, 6.45) is 3.95. The van der Waals surface area contributed by atoms with Crippen molar-refractivity contribution in [2.24, 2.45) is 0 Å². The third kappa shape index (κ3) is 2.85. The van der Waals surface area contributed by atoms with E-state index in [2.05, 4.69) is 17.2 Å². The Morgan fingerprint density at radius 3 is 2.84 bits per heavy atom. The van der Waals surface area contributed by atoms with E-state index in [4.69, 9.17) is 0 Å². The fourth-order valence-corrected chi connectivity index (χ4v) is 3.30. The summed E-state index contributed by atoms with van der Waals surface area (Å²) < 4.78 is 13.6. The van der Waals surface area contributed by atoms with Crippen LogP contribution in [0, 0.1) is 12.7 Å². The number of nitrogens with one attached hydrogen (secondary N) is 1. The summed E-state index contributed by atoms with van der Waals surface area (Å²) in [5, 5.41) is 4.62. The molecular weight excluding hydrogens is 259 g/mol. The van der Waals surface area contributed by atoms with Crippen molar-refractivity contribution < 1.29 is 4.39 Å². The lowest BCUT2D eigenvalue weighted by Crippen LogP contribution is -2.39. The molecule has 1 N–H and O–H groups in total. The number of halogens is 1. The van der Waals surface area contributed by atoms with Gasteiger partial charge in [-0.3, -0.25) is 0 Å². The van der Waals surface area contributed by atoms with Crippen molar-refractivity contribution in [1.82, 2.24) is 10.3 Å². The topological polar surface area (TPSA) is 24.9 Å². The van der Waals surface area contributed by atoms with Crippen LogP contribution in [0.4, 0.5) is 4.39 Å². The maximum Gasteiger partial charge on any atom is 0.126 e. The van der Waals surface area contributed by atoms with E-state index in [0.717, 1.165) is 30.0 Å². The molecule has 2 aromatic rings. The van der Waals surface area contributed by atoms with Crippen molar-refractivity contribution in [3.63, 3.8) is 0 Å². The first-order valence-corrected chi connectivity index (χ1v) is 7.43. The largest absolute Gasteiger partial charge is 0.308 e. The summed E-state index contributed by atoms with van der Waals surface area (Å²) in [7, 11) is 0. The minimum absolute atomic E-state index is 0.0681. The van der Waals surface area contributed by atoms with Crippen molar-refractivity contribution in [3.8, 4) is 0 Å². The van der Waals surface area contributed by atoms with Gasteiger partial charge in [0.25, 0.3) is 0 Å². The molecule has 0 atom stereocenters. The Morgan fingerprint density at radius 2 is 2.16 bits per heavy atom. The molecule has 0 aliphatic heterocycles. The molecule has 0 spiro atoms. The molecule has 100 valence electrons. The zero-order valence-corrected chi connectivity index (χ0v) is 11.7. The normalized spacial score (nSPS) is 22.2. The van der Waals surface area contributed by atoms with E-state index in [1.165, 1.54) is 4.88 Å². The molecule has 1 aliphatic rings. The third-order valence-electron chi connectivity index (χ3n) is 3.69. The molecule has 3 rings (SSSR count). The Bertz CT molecular complexity index is 561. The Kier molecular flexibility index (Phi) is 3.62. The van der Waals surface area contributed by atoms with Gasteiger partial charge in [0.05, 0.1) is 0 Å². The van der Waals surface area contributed by atoms with Crippen LogP contribution in [0.15, 0.2) is 30.5 Å². The number of hydrogen-bond acceptors (Lipinski definition) is 3. The second-order valence-electron chi connectivity index (χ2n) is 5.13. The van der Waals surface area contributed by atoms with Crippen molar-refractivity contribution in [1.29, 1.82) is 0 Å². The predicted octanol–water partition coefficient (Wildman–Crippen LogP) is 3.63. The molecular formula is C15H17FN2S. The number of aryl methyl sites for hydroxylation is 1. The molecule has 0 unspecified atom stereocenters. The van der Waals surface area contributed by atoms with Crippen LogP contribution in [0.25, 0.3) is 0 Å². The van der Waals surface area contributed by atoms with Crippen LogP contribution in [0.1, 0.15) is 34.2 Å². The molecule has 0 saturated heterocycles. The van der Waals surface area contributed by atoms with Crippen molar-refractivity contribution in [3.05, 3.63) is 51.7 Å². The van der Waals surface area contributed by atoms with Crippen LogP contribution in [-0.4, -0.2) is 11.0 Å². The molecule has 0 bridgehead atoms. The second kappa shape index (κ2) is 5.39. The summed E-state index contributed by atoms with van der Waals surface area (Å²) in [5.74, 6) is 0.304. The van der Waals surface area contributed by atoms with Gasteiger partial charge in [-0.2, -0.15) is 0 Å². The molecule has 2 nitrogen and oxygen atoms in total. The van der Waals surface area contributed by atoms with Crippen LogP contribution >= 0.6 is 11.3 Å². The molecule has 0 radical (unpaired) electrons. The van der Waals surface area contributed by atoms with Gasteiger partial charge >= 0.3 is 0 Å². The third-order valence-corrected chi connectivity index (χ3v) is 4.61. The van der Waals surface area contributed by atoms with E-state index in [0.29, 0.717) is 12.0 Å². The quantitative estimate of drug-likeness (QED) is 0.922. The molecule has 1 heterocycles. The lowest BCUT2D eigenvalue weighted by Gasteiger charge is -2.36. The number of benzene rings is 1. The molecule has 4 heteroatoms. The van der Waals surface area contributed by atoms with E-state index in [1.54, 1.807) is 23.5 Å². The molecule has 1 saturated carbocycles. The highest BCUT2D eigenvalue weighted by molar-refractivity contribution is 7.11. The van der Waals surface area contributed by atoms with E-state index in [1.807, 2.05) is 18.3 Å². The standard InChI is InChI=1S/C15H17FN2S/c1-10-8-18-15(19-10)9-17-12-6-11(7-12)13-4-2-3-5-14(13)16/h2-5,8,11-12,17H,6-7,9H2,1H3. The highest BCUT2D eigenvalue weighted by Crippen LogP contribution is 2.38. The van der Waals surface area contributed by atoms with Gasteiger partial charge in [0.15, 0.2) is 0 Å². The zero-order valence-electron chi connectivity index (χ0n) is 10.9. The van der Waals surface area contributed by atoms with Crippen molar-refractivity contribution >= 4 is 11.3 Å².